The molecule has 2 aliphatic heterocycles. The number of halogens is 3. The van der Waals surface area contributed by atoms with Crippen LogP contribution >= 0.6 is 0 Å². The van der Waals surface area contributed by atoms with Crippen molar-refractivity contribution in [2.45, 2.75) is 57.3 Å². The molecule has 0 saturated carbocycles. The lowest BCUT2D eigenvalue weighted by molar-refractivity contribution is -0.159. The third-order valence-corrected chi connectivity index (χ3v) is 4.58. The van der Waals surface area contributed by atoms with Crippen LogP contribution in [0, 0.1) is 0 Å². The average molecular weight is 346 g/mol. The SMILES string of the molecule is CC(C)c1nc([C@@H]2CCCN2[C@H]2CCN(CC(F)(F)F)C2=O)no1. The van der Waals surface area contributed by atoms with Crippen LogP contribution in [0.4, 0.5) is 13.2 Å². The summed E-state index contributed by atoms with van der Waals surface area (Å²) in [6.07, 6.45) is -2.32. The molecule has 0 aromatic carbocycles. The molecule has 0 bridgehead atoms. The van der Waals surface area contributed by atoms with Gasteiger partial charge in [-0.05, 0) is 25.8 Å². The molecule has 1 aromatic heterocycles. The molecule has 9 heteroatoms. The maximum Gasteiger partial charge on any atom is 0.406 e. The van der Waals surface area contributed by atoms with Crippen LogP contribution < -0.4 is 0 Å². The van der Waals surface area contributed by atoms with E-state index in [4.69, 9.17) is 4.52 Å². The van der Waals surface area contributed by atoms with Gasteiger partial charge in [0.05, 0.1) is 12.1 Å². The van der Waals surface area contributed by atoms with Gasteiger partial charge in [0.25, 0.3) is 0 Å². The Morgan fingerprint density at radius 2 is 2.00 bits per heavy atom. The molecule has 3 rings (SSSR count). The molecule has 24 heavy (non-hydrogen) atoms. The van der Waals surface area contributed by atoms with Crippen molar-refractivity contribution in [3.63, 3.8) is 0 Å². The van der Waals surface area contributed by atoms with Crippen LogP contribution in [-0.2, 0) is 4.79 Å². The van der Waals surface area contributed by atoms with Gasteiger partial charge >= 0.3 is 6.18 Å². The first-order chi connectivity index (χ1) is 11.3. The summed E-state index contributed by atoms with van der Waals surface area (Å²) in [5, 5.41) is 4.01. The van der Waals surface area contributed by atoms with E-state index < -0.39 is 24.7 Å². The predicted octanol–water partition coefficient (Wildman–Crippen LogP) is 2.49. The van der Waals surface area contributed by atoms with E-state index in [0.29, 0.717) is 24.7 Å². The van der Waals surface area contributed by atoms with E-state index in [2.05, 4.69) is 10.1 Å². The number of aromatic nitrogens is 2. The highest BCUT2D eigenvalue weighted by molar-refractivity contribution is 5.84. The van der Waals surface area contributed by atoms with E-state index in [-0.39, 0.29) is 18.5 Å². The van der Waals surface area contributed by atoms with Crippen LogP contribution in [0.25, 0.3) is 0 Å². The molecule has 2 saturated heterocycles. The molecule has 2 atom stereocenters. The zero-order valence-corrected chi connectivity index (χ0v) is 13.7. The average Bonchev–Trinajstić information content (AvgIpc) is 3.17. The van der Waals surface area contributed by atoms with Crippen LogP contribution in [0.5, 0.6) is 0 Å². The molecule has 134 valence electrons. The van der Waals surface area contributed by atoms with Crippen LogP contribution in [0.3, 0.4) is 0 Å². The lowest BCUT2D eigenvalue weighted by Gasteiger charge is -2.27. The van der Waals surface area contributed by atoms with Gasteiger partial charge in [-0.1, -0.05) is 19.0 Å². The highest BCUT2D eigenvalue weighted by Crippen LogP contribution is 2.36. The minimum absolute atomic E-state index is 0.108. The van der Waals surface area contributed by atoms with Crippen LogP contribution in [-0.4, -0.2) is 57.7 Å². The fraction of sp³-hybridized carbons (Fsp3) is 0.800. The van der Waals surface area contributed by atoms with Crippen molar-refractivity contribution in [3.8, 4) is 0 Å². The zero-order valence-electron chi connectivity index (χ0n) is 13.7. The normalized spacial score (nSPS) is 26.1. The van der Waals surface area contributed by atoms with Crippen LogP contribution in [0.2, 0.25) is 0 Å². The first-order valence-corrected chi connectivity index (χ1v) is 8.21. The summed E-state index contributed by atoms with van der Waals surface area (Å²) < 4.78 is 42.9. The monoisotopic (exact) mass is 346 g/mol. The number of amides is 1. The minimum atomic E-state index is -4.37. The van der Waals surface area contributed by atoms with Gasteiger partial charge in [-0.2, -0.15) is 18.2 Å². The van der Waals surface area contributed by atoms with E-state index in [1.54, 1.807) is 0 Å². The Labute approximate surface area is 138 Å². The van der Waals surface area contributed by atoms with Crippen molar-refractivity contribution in [2.24, 2.45) is 0 Å². The molecule has 1 amide bonds. The molecule has 1 aromatic rings. The lowest BCUT2D eigenvalue weighted by atomic mass is 10.1. The Kier molecular flexibility index (Phi) is 4.54. The summed E-state index contributed by atoms with van der Waals surface area (Å²) in [6.45, 7) is 3.50. The van der Waals surface area contributed by atoms with Crippen molar-refractivity contribution in [3.05, 3.63) is 11.7 Å². The predicted molar refractivity (Wildman–Crippen MR) is 78.1 cm³/mol. The summed E-state index contributed by atoms with van der Waals surface area (Å²) in [5.41, 5.74) is 0. The molecular weight excluding hydrogens is 325 g/mol. The lowest BCUT2D eigenvalue weighted by Crippen LogP contribution is -2.44. The van der Waals surface area contributed by atoms with Gasteiger partial charge in [-0.3, -0.25) is 9.69 Å². The third kappa shape index (κ3) is 3.40. The number of hydrogen-bond acceptors (Lipinski definition) is 5. The van der Waals surface area contributed by atoms with Gasteiger partial charge in [0.15, 0.2) is 5.82 Å². The number of likely N-dealkylation sites (tertiary alicyclic amines) is 2. The van der Waals surface area contributed by atoms with Crippen LogP contribution in [0.15, 0.2) is 4.52 Å². The second-order valence-electron chi connectivity index (χ2n) is 6.72. The summed E-state index contributed by atoms with van der Waals surface area (Å²) >= 11 is 0. The van der Waals surface area contributed by atoms with Crippen molar-refractivity contribution in [2.75, 3.05) is 19.6 Å². The summed E-state index contributed by atoms with van der Waals surface area (Å²) in [5.74, 6) is 0.717. The molecule has 2 fully saturated rings. The zero-order chi connectivity index (χ0) is 17.5. The van der Waals surface area contributed by atoms with E-state index in [1.165, 1.54) is 0 Å². The Morgan fingerprint density at radius 3 is 2.62 bits per heavy atom. The van der Waals surface area contributed by atoms with Gasteiger partial charge in [0, 0.05) is 12.5 Å². The molecule has 0 aliphatic carbocycles. The van der Waals surface area contributed by atoms with E-state index in [1.807, 2.05) is 18.7 Å². The quantitative estimate of drug-likeness (QED) is 0.838. The molecule has 0 unspecified atom stereocenters. The van der Waals surface area contributed by atoms with Gasteiger partial charge in [-0.15, -0.1) is 0 Å². The maximum atomic E-state index is 12.6. The Balaban J connectivity index is 1.72. The highest BCUT2D eigenvalue weighted by Gasteiger charge is 2.45. The molecule has 3 heterocycles. The first kappa shape index (κ1) is 17.2. The summed E-state index contributed by atoms with van der Waals surface area (Å²) in [6, 6.07) is -0.693. The fourth-order valence-electron chi connectivity index (χ4n) is 3.46. The Morgan fingerprint density at radius 1 is 1.25 bits per heavy atom. The molecule has 6 nitrogen and oxygen atoms in total. The number of hydrogen-bond donors (Lipinski definition) is 0. The number of carbonyl (C=O) groups is 1. The number of carbonyl (C=O) groups excluding carboxylic acids is 1. The standard InChI is InChI=1S/C15H21F3N4O2/c1-9(2)13-19-12(20-24-13)10-4-3-6-22(10)11-5-7-21(14(11)23)8-15(16,17)18/h9-11H,3-8H2,1-2H3/t10-,11-/m0/s1. The second kappa shape index (κ2) is 6.34. The minimum Gasteiger partial charge on any atom is -0.339 e. The van der Waals surface area contributed by atoms with E-state index in [0.717, 1.165) is 17.7 Å². The first-order valence-electron chi connectivity index (χ1n) is 8.21. The second-order valence-corrected chi connectivity index (χ2v) is 6.72. The van der Waals surface area contributed by atoms with Crippen LogP contribution in [0.1, 0.15) is 56.8 Å². The van der Waals surface area contributed by atoms with Crippen molar-refractivity contribution in [1.29, 1.82) is 0 Å². The smallest absolute Gasteiger partial charge is 0.339 e. The van der Waals surface area contributed by atoms with E-state index >= 15 is 0 Å². The van der Waals surface area contributed by atoms with Crippen molar-refractivity contribution >= 4 is 5.91 Å². The molecule has 0 radical (unpaired) electrons. The number of alkyl halides is 3. The highest BCUT2D eigenvalue weighted by atomic mass is 19.4. The molecule has 0 N–H and O–H groups in total. The van der Waals surface area contributed by atoms with Gasteiger partial charge < -0.3 is 9.42 Å². The van der Waals surface area contributed by atoms with Crippen molar-refractivity contribution in [1.82, 2.24) is 19.9 Å². The summed E-state index contributed by atoms with van der Waals surface area (Å²) in [4.78, 5) is 19.6. The summed E-state index contributed by atoms with van der Waals surface area (Å²) in [7, 11) is 0. The number of nitrogens with zero attached hydrogens (tertiary/aromatic N) is 4. The molecule has 0 spiro atoms. The maximum absolute atomic E-state index is 12.6. The Bertz CT molecular complexity index is 602. The topological polar surface area (TPSA) is 62.5 Å². The fourth-order valence-corrected chi connectivity index (χ4v) is 3.46. The Hall–Kier alpha value is -1.64. The van der Waals surface area contributed by atoms with Crippen molar-refractivity contribution < 1.29 is 22.5 Å². The molecule has 2 aliphatic rings. The largest absolute Gasteiger partial charge is 0.406 e. The van der Waals surface area contributed by atoms with E-state index in [9.17, 15) is 18.0 Å². The number of rotatable bonds is 4. The van der Waals surface area contributed by atoms with Gasteiger partial charge in [0.2, 0.25) is 11.8 Å². The van der Waals surface area contributed by atoms with Gasteiger partial charge in [0.1, 0.15) is 6.54 Å². The van der Waals surface area contributed by atoms with Gasteiger partial charge in [-0.25, -0.2) is 0 Å². The molecular formula is C15H21F3N4O2. The third-order valence-electron chi connectivity index (χ3n) is 4.58.